The molecule has 22 nitrogen and oxygen atoms in total. The minimum Gasteiger partial charge on any atom is -0.462 e. The molecule has 1 aliphatic carbocycles. The van der Waals surface area contributed by atoms with Gasteiger partial charge in [-0.15, -0.1) is 0 Å². The molecule has 0 aromatic rings. The molecule has 0 spiro atoms. The lowest BCUT2D eigenvalue weighted by Crippen LogP contribution is -2.65. The highest BCUT2D eigenvalue weighted by Gasteiger charge is 2.59. The smallest absolute Gasteiger partial charge is 0.462 e. The Morgan fingerprint density at radius 3 is 1.25 bits per heavy atom. The number of carbonyl (C=O) groups is 2. The van der Waals surface area contributed by atoms with Crippen molar-refractivity contribution in [3.8, 4) is 0 Å². The Balaban J connectivity index is 2.90. The largest absolute Gasteiger partial charge is 0.472 e. The molecule has 0 aromatic heterocycles. The molecule has 0 aliphatic heterocycles. The molecule has 1 rings (SSSR count). The fourth-order valence-electron chi connectivity index (χ4n) is 7.66. The average molecular weight is 1130 g/mol. The first-order chi connectivity index (χ1) is 34.5. The van der Waals surface area contributed by atoms with Crippen molar-refractivity contribution in [2.45, 2.75) is 224 Å². The third-order valence-corrected chi connectivity index (χ3v) is 13.9. The molecule has 8 atom stereocenters. The number of esters is 2. The summed E-state index contributed by atoms with van der Waals surface area (Å²) in [4.78, 5) is 93.0. The molecule has 426 valence electrons. The van der Waals surface area contributed by atoms with Crippen molar-refractivity contribution in [3.63, 3.8) is 0 Å². The van der Waals surface area contributed by atoms with Crippen LogP contribution in [0.15, 0.2) is 48.6 Å². The number of hydrogen-bond donors (Lipinski definition) is 9. The quantitative estimate of drug-likeness (QED) is 0.0119. The van der Waals surface area contributed by atoms with Gasteiger partial charge in [0.05, 0.1) is 6.61 Å². The fraction of sp³-hybridized carbons (Fsp3) is 0.787. The van der Waals surface area contributed by atoms with E-state index in [1.165, 1.54) is 77.0 Å². The first kappa shape index (κ1) is 69.3. The van der Waals surface area contributed by atoms with Gasteiger partial charge < -0.3 is 53.9 Å². The Labute approximate surface area is 431 Å². The number of ether oxygens (including phenoxy) is 2. The van der Waals surface area contributed by atoms with E-state index >= 15 is 0 Å². The Kier molecular flexibility index (Phi) is 37.6. The van der Waals surface area contributed by atoms with Crippen LogP contribution in [-0.4, -0.2) is 112 Å². The predicted octanol–water partition coefficient (Wildman–Crippen LogP) is 9.52. The van der Waals surface area contributed by atoms with Crippen molar-refractivity contribution in [3.05, 3.63) is 48.6 Å². The highest BCUT2D eigenvalue weighted by atomic mass is 31.2. The first-order valence-corrected chi connectivity index (χ1v) is 31.8. The molecule has 26 heteroatoms. The molecule has 1 saturated carbocycles. The van der Waals surface area contributed by atoms with Crippen LogP contribution in [-0.2, 0) is 59.9 Å². The number of phosphoric acid groups is 4. The van der Waals surface area contributed by atoms with Gasteiger partial charge in [0, 0.05) is 12.8 Å². The van der Waals surface area contributed by atoms with Gasteiger partial charge in [0.25, 0.3) is 0 Å². The van der Waals surface area contributed by atoms with Gasteiger partial charge in [-0.25, -0.2) is 18.3 Å². The van der Waals surface area contributed by atoms with Crippen LogP contribution in [0.25, 0.3) is 0 Å². The maximum Gasteiger partial charge on any atom is 0.472 e. The summed E-state index contributed by atoms with van der Waals surface area (Å²) in [7, 11) is -23.0. The van der Waals surface area contributed by atoms with E-state index in [1.807, 2.05) is 18.2 Å². The molecule has 0 bridgehead atoms. The molecule has 0 saturated heterocycles. The Morgan fingerprint density at radius 2 is 0.808 bits per heavy atom. The lowest BCUT2D eigenvalue weighted by Gasteiger charge is -2.45. The number of aliphatic hydroxyl groups excluding tert-OH is 2. The molecule has 1 fully saturated rings. The topological polar surface area (TPSA) is 349 Å². The van der Waals surface area contributed by atoms with E-state index in [0.717, 1.165) is 44.9 Å². The van der Waals surface area contributed by atoms with Gasteiger partial charge in [-0.1, -0.05) is 165 Å². The third kappa shape index (κ3) is 37.6. The minimum absolute atomic E-state index is 0.0415. The summed E-state index contributed by atoms with van der Waals surface area (Å²) in [5, 5.41) is 21.9. The van der Waals surface area contributed by atoms with Crippen molar-refractivity contribution < 1.29 is 104 Å². The van der Waals surface area contributed by atoms with Crippen LogP contribution in [0.4, 0.5) is 0 Å². The van der Waals surface area contributed by atoms with E-state index in [0.29, 0.717) is 32.1 Å². The lowest BCUT2D eigenvalue weighted by molar-refractivity contribution is -0.209. The zero-order valence-electron chi connectivity index (χ0n) is 42.6. The molecule has 4 unspecified atom stereocenters. The second-order valence-electron chi connectivity index (χ2n) is 18.0. The molecule has 9 N–H and O–H groups in total. The van der Waals surface area contributed by atoms with Crippen molar-refractivity contribution in [1.82, 2.24) is 0 Å². The molecule has 0 radical (unpaired) electrons. The number of rotatable bonds is 44. The van der Waals surface area contributed by atoms with Gasteiger partial charge in [0.1, 0.15) is 43.2 Å². The zero-order chi connectivity index (χ0) is 54.6. The second kappa shape index (κ2) is 39.6. The SMILES string of the molecule is CCCCC/C=C\C/C=C\C/C=C\C/C=C\CCCC(=O)OCC(COP(=O)(O)OC1[C@H](O)[C@H](OP(=O)(O)O)C(OP(=O)(O)O)[C@H](OP(=O)(O)O)[C@H]1O)OC(=O)CCCCCCCCCCCCCCCCC. The van der Waals surface area contributed by atoms with Crippen LogP contribution >= 0.6 is 31.3 Å². The van der Waals surface area contributed by atoms with E-state index in [-0.39, 0.29) is 12.8 Å². The van der Waals surface area contributed by atoms with Crippen LogP contribution in [0.5, 0.6) is 0 Å². The van der Waals surface area contributed by atoms with Gasteiger partial charge in [0.15, 0.2) is 6.10 Å². The summed E-state index contributed by atoms with van der Waals surface area (Å²) < 4.78 is 82.2. The van der Waals surface area contributed by atoms with E-state index in [1.54, 1.807) is 0 Å². The van der Waals surface area contributed by atoms with Crippen LogP contribution in [0.1, 0.15) is 181 Å². The number of phosphoric ester groups is 4. The van der Waals surface area contributed by atoms with Crippen LogP contribution in [0.2, 0.25) is 0 Å². The maximum atomic E-state index is 13.3. The normalized spacial score (nSPS) is 21.4. The van der Waals surface area contributed by atoms with Gasteiger partial charge >= 0.3 is 43.2 Å². The van der Waals surface area contributed by atoms with Crippen LogP contribution < -0.4 is 0 Å². The molecule has 0 amide bonds. The van der Waals surface area contributed by atoms with Gasteiger partial charge in [0.2, 0.25) is 0 Å². The second-order valence-corrected chi connectivity index (χ2v) is 23.0. The highest BCUT2D eigenvalue weighted by Crippen LogP contribution is 2.53. The van der Waals surface area contributed by atoms with E-state index in [4.69, 9.17) is 18.5 Å². The Hall–Kier alpha value is -1.74. The monoisotopic (exact) mass is 1130 g/mol. The molecule has 0 heterocycles. The molecular weight excluding hydrogens is 1040 g/mol. The van der Waals surface area contributed by atoms with Crippen molar-refractivity contribution in [2.75, 3.05) is 13.2 Å². The maximum absolute atomic E-state index is 13.3. The van der Waals surface area contributed by atoms with Gasteiger partial charge in [-0.2, -0.15) is 0 Å². The number of unbranched alkanes of at least 4 members (excludes halogenated alkanes) is 18. The summed E-state index contributed by atoms with van der Waals surface area (Å²) in [6.07, 6.45) is 23.2. The standard InChI is InChI=1S/C47H86O22P4/c1-3-5-7-9-11-13-15-17-19-20-22-23-25-27-29-31-33-35-40(48)63-37-39(65-41(49)36-34-32-30-28-26-24-21-18-16-14-12-10-8-6-4-2)38-64-73(61,62)69-44-42(50)45(66-70(52,53)54)47(68-72(58,59)60)46(43(44)51)67-71(55,56)57/h11,13,17,19,22-23,27,29,39,42-47,50-51H,3-10,12,14-16,18,20-21,24-26,28,30-38H2,1-2H3,(H,61,62)(H2,52,53,54)(H2,55,56,57)(H2,58,59,60)/b13-11-,19-17-,23-22-,29-27-/t39?,42-,43-,44?,45-,46+,47?/m0/s1. The Morgan fingerprint density at radius 1 is 0.438 bits per heavy atom. The predicted molar refractivity (Wildman–Crippen MR) is 272 cm³/mol. The zero-order valence-corrected chi connectivity index (χ0v) is 46.2. The molecule has 1 aliphatic rings. The van der Waals surface area contributed by atoms with Gasteiger partial charge in [-0.05, 0) is 51.4 Å². The third-order valence-electron chi connectivity index (χ3n) is 11.4. The first-order valence-electron chi connectivity index (χ1n) is 25.7. The fourth-order valence-corrected chi connectivity index (χ4v) is 10.3. The highest BCUT2D eigenvalue weighted by molar-refractivity contribution is 7.47. The van der Waals surface area contributed by atoms with E-state index in [9.17, 15) is 72.3 Å². The average Bonchev–Trinajstić information content (AvgIpc) is 3.30. The lowest BCUT2D eigenvalue weighted by atomic mass is 9.85. The van der Waals surface area contributed by atoms with E-state index < -0.39 is 99.2 Å². The van der Waals surface area contributed by atoms with Crippen LogP contribution in [0.3, 0.4) is 0 Å². The number of carbonyl (C=O) groups excluding carboxylic acids is 2. The summed E-state index contributed by atoms with van der Waals surface area (Å²) in [6.45, 7) is 2.70. The number of hydrogen-bond acceptors (Lipinski definition) is 15. The summed E-state index contributed by atoms with van der Waals surface area (Å²) in [5.41, 5.74) is 0. The van der Waals surface area contributed by atoms with E-state index in [2.05, 4.69) is 57.8 Å². The van der Waals surface area contributed by atoms with Crippen molar-refractivity contribution >= 4 is 43.2 Å². The molecular formula is C47H86O22P4. The molecule has 73 heavy (non-hydrogen) atoms. The van der Waals surface area contributed by atoms with Crippen molar-refractivity contribution in [1.29, 1.82) is 0 Å². The summed E-state index contributed by atoms with van der Waals surface area (Å²) in [5.74, 6) is -1.46. The summed E-state index contributed by atoms with van der Waals surface area (Å²) >= 11 is 0. The summed E-state index contributed by atoms with van der Waals surface area (Å²) in [6, 6.07) is 0. The van der Waals surface area contributed by atoms with Gasteiger partial charge in [-0.3, -0.25) is 32.2 Å². The Bertz CT molecular complexity index is 1770. The van der Waals surface area contributed by atoms with Crippen LogP contribution in [0, 0.1) is 0 Å². The number of aliphatic hydroxyl groups is 2. The number of allylic oxidation sites excluding steroid dienone is 8. The minimum atomic E-state index is -5.80. The molecule has 0 aromatic carbocycles. The van der Waals surface area contributed by atoms with Crippen molar-refractivity contribution in [2.24, 2.45) is 0 Å².